The van der Waals surface area contributed by atoms with Gasteiger partial charge in [-0.2, -0.15) is 0 Å². The summed E-state index contributed by atoms with van der Waals surface area (Å²) in [5.74, 6) is 0.0561. The molecule has 0 saturated heterocycles. The van der Waals surface area contributed by atoms with Gasteiger partial charge >= 0.3 is 0 Å². The van der Waals surface area contributed by atoms with Crippen molar-refractivity contribution < 1.29 is 27.1 Å². The van der Waals surface area contributed by atoms with E-state index in [1.807, 2.05) is 6.07 Å². The van der Waals surface area contributed by atoms with E-state index < -0.39 is 21.7 Å². The SMILES string of the molecule is CS(=O)(=O)NC(=O)c1ccc(COc2ccc(Cl)c(-c3ccc(OCC4CC4)nc3)c2)c(F)c1. The summed E-state index contributed by atoms with van der Waals surface area (Å²) in [5, 5.41) is 0.508. The van der Waals surface area contributed by atoms with Crippen LogP contribution in [0.2, 0.25) is 5.02 Å². The quantitative estimate of drug-likeness (QED) is 0.457. The van der Waals surface area contributed by atoms with E-state index in [-0.39, 0.29) is 17.7 Å². The van der Waals surface area contributed by atoms with E-state index in [4.69, 9.17) is 21.1 Å². The third-order valence-corrected chi connectivity index (χ3v) is 6.02. The number of carbonyl (C=O) groups is 1. The molecule has 1 fully saturated rings. The first-order chi connectivity index (χ1) is 16.2. The molecule has 1 heterocycles. The molecular formula is C24H22ClFN2O5S. The van der Waals surface area contributed by atoms with E-state index in [9.17, 15) is 17.6 Å². The Morgan fingerprint density at radius 1 is 1.15 bits per heavy atom. The normalized spacial score (nSPS) is 13.4. The van der Waals surface area contributed by atoms with Gasteiger partial charge in [0.1, 0.15) is 18.2 Å². The number of halogens is 2. The van der Waals surface area contributed by atoms with Gasteiger partial charge in [0.15, 0.2) is 0 Å². The highest BCUT2D eigenvalue weighted by Gasteiger charge is 2.22. The number of nitrogens with one attached hydrogen (secondary N) is 1. The standard InChI is InChI=1S/C24H22ClFN2O5S/c1-34(30,31)28-24(29)16-4-5-18(22(26)10-16)14-32-19-7-8-21(25)20(11-19)17-6-9-23(27-12-17)33-13-15-2-3-15/h4-12,15H,2-3,13-14H2,1H3,(H,28,29). The zero-order valence-electron chi connectivity index (χ0n) is 18.3. The highest BCUT2D eigenvalue weighted by Crippen LogP contribution is 2.33. The van der Waals surface area contributed by atoms with Crippen molar-refractivity contribution in [3.8, 4) is 22.8 Å². The van der Waals surface area contributed by atoms with Crippen LogP contribution >= 0.6 is 11.6 Å². The van der Waals surface area contributed by atoms with Gasteiger partial charge < -0.3 is 9.47 Å². The number of pyridine rings is 1. The van der Waals surface area contributed by atoms with Gasteiger partial charge in [-0.15, -0.1) is 0 Å². The predicted molar refractivity (Wildman–Crippen MR) is 126 cm³/mol. The minimum atomic E-state index is -3.75. The molecule has 0 unspecified atom stereocenters. The number of benzene rings is 2. The van der Waals surface area contributed by atoms with E-state index in [1.54, 1.807) is 35.2 Å². The number of nitrogens with zero attached hydrogens (tertiary/aromatic N) is 1. The molecule has 3 aromatic rings. The Morgan fingerprint density at radius 2 is 1.94 bits per heavy atom. The summed E-state index contributed by atoms with van der Waals surface area (Å²) in [5.41, 5.74) is 1.57. The van der Waals surface area contributed by atoms with Crippen LogP contribution in [0.15, 0.2) is 54.7 Å². The Labute approximate surface area is 201 Å². The lowest BCUT2D eigenvalue weighted by Gasteiger charge is -2.12. The van der Waals surface area contributed by atoms with Crippen molar-refractivity contribution in [1.82, 2.24) is 9.71 Å². The Bertz CT molecular complexity index is 1310. The zero-order chi connectivity index (χ0) is 24.3. The van der Waals surface area contributed by atoms with E-state index in [0.717, 1.165) is 17.9 Å². The number of rotatable bonds is 9. The fourth-order valence-corrected chi connectivity index (χ4v) is 3.80. The van der Waals surface area contributed by atoms with Gasteiger partial charge in [-0.1, -0.05) is 17.7 Å². The Balaban J connectivity index is 1.42. The van der Waals surface area contributed by atoms with Gasteiger partial charge in [-0.05, 0) is 55.2 Å². The van der Waals surface area contributed by atoms with Crippen molar-refractivity contribution in [1.29, 1.82) is 0 Å². The number of sulfonamides is 1. The number of hydrogen-bond donors (Lipinski definition) is 1. The minimum absolute atomic E-state index is 0.104. The topological polar surface area (TPSA) is 94.6 Å². The molecule has 1 amide bonds. The van der Waals surface area contributed by atoms with E-state index >= 15 is 0 Å². The molecule has 0 atom stereocenters. The van der Waals surface area contributed by atoms with Crippen molar-refractivity contribution >= 4 is 27.5 Å². The molecule has 0 radical (unpaired) electrons. The lowest BCUT2D eigenvalue weighted by atomic mass is 10.1. The van der Waals surface area contributed by atoms with Crippen LogP contribution in [0.5, 0.6) is 11.6 Å². The first-order valence-corrected chi connectivity index (χ1v) is 12.8. The number of carbonyl (C=O) groups excluding carboxylic acids is 1. The summed E-state index contributed by atoms with van der Waals surface area (Å²) in [6.07, 6.45) is 4.92. The largest absolute Gasteiger partial charge is 0.489 e. The number of ether oxygens (including phenoxy) is 2. The molecule has 0 aliphatic heterocycles. The number of amides is 1. The summed E-state index contributed by atoms with van der Waals surface area (Å²) in [4.78, 5) is 16.2. The maximum absolute atomic E-state index is 14.5. The van der Waals surface area contributed by atoms with E-state index in [1.165, 1.54) is 25.0 Å². The van der Waals surface area contributed by atoms with Crippen LogP contribution in [0.25, 0.3) is 11.1 Å². The minimum Gasteiger partial charge on any atom is -0.489 e. The Kier molecular flexibility index (Phi) is 7.04. The van der Waals surface area contributed by atoms with E-state index in [2.05, 4.69) is 4.98 Å². The number of aromatic nitrogens is 1. The second kappa shape index (κ2) is 9.99. The molecule has 4 rings (SSSR count). The lowest BCUT2D eigenvalue weighted by molar-refractivity contribution is 0.0981. The molecule has 1 N–H and O–H groups in total. The van der Waals surface area contributed by atoms with Crippen LogP contribution in [0.3, 0.4) is 0 Å². The maximum atomic E-state index is 14.5. The second-order valence-electron chi connectivity index (χ2n) is 8.08. The molecule has 178 valence electrons. The smallest absolute Gasteiger partial charge is 0.264 e. The van der Waals surface area contributed by atoms with Gasteiger partial charge in [0, 0.05) is 39.5 Å². The zero-order valence-corrected chi connectivity index (χ0v) is 19.8. The van der Waals surface area contributed by atoms with Gasteiger partial charge in [0.25, 0.3) is 5.91 Å². The van der Waals surface area contributed by atoms with E-state index in [0.29, 0.717) is 34.7 Å². The first kappa shape index (κ1) is 24.0. The molecule has 7 nitrogen and oxygen atoms in total. The van der Waals surface area contributed by atoms with Crippen LogP contribution in [-0.4, -0.2) is 32.2 Å². The van der Waals surface area contributed by atoms with Gasteiger partial charge in [0.2, 0.25) is 15.9 Å². The summed E-state index contributed by atoms with van der Waals surface area (Å²) >= 11 is 6.36. The van der Waals surface area contributed by atoms with Crippen LogP contribution in [0.4, 0.5) is 4.39 Å². The fourth-order valence-electron chi connectivity index (χ4n) is 3.12. The van der Waals surface area contributed by atoms with Crippen LogP contribution in [-0.2, 0) is 16.6 Å². The summed E-state index contributed by atoms with van der Waals surface area (Å²) in [6, 6.07) is 12.4. The van der Waals surface area contributed by atoms with Crippen molar-refractivity contribution in [2.75, 3.05) is 12.9 Å². The molecule has 1 aromatic heterocycles. The molecule has 1 aliphatic carbocycles. The monoisotopic (exact) mass is 504 g/mol. The van der Waals surface area contributed by atoms with Crippen molar-refractivity contribution in [2.45, 2.75) is 19.4 Å². The molecule has 34 heavy (non-hydrogen) atoms. The average molecular weight is 505 g/mol. The van der Waals surface area contributed by atoms with Crippen molar-refractivity contribution in [2.24, 2.45) is 5.92 Å². The van der Waals surface area contributed by atoms with Crippen LogP contribution < -0.4 is 14.2 Å². The highest BCUT2D eigenvalue weighted by molar-refractivity contribution is 7.89. The molecule has 2 aromatic carbocycles. The number of hydrogen-bond acceptors (Lipinski definition) is 6. The molecule has 1 saturated carbocycles. The third-order valence-electron chi connectivity index (χ3n) is 5.14. The third kappa shape index (κ3) is 6.45. The van der Waals surface area contributed by atoms with Gasteiger partial charge in [0.05, 0.1) is 12.9 Å². The molecular weight excluding hydrogens is 483 g/mol. The summed E-state index contributed by atoms with van der Waals surface area (Å²) in [6.45, 7) is 0.573. The molecule has 10 heteroatoms. The van der Waals surface area contributed by atoms with Gasteiger partial charge in [-0.3, -0.25) is 4.79 Å². The summed E-state index contributed by atoms with van der Waals surface area (Å²) < 4.78 is 50.0. The predicted octanol–water partition coefficient (Wildman–Crippen LogP) is 4.60. The highest BCUT2D eigenvalue weighted by atomic mass is 35.5. The molecule has 0 bridgehead atoms. The first-order valence-electron chi connectivity index (χ1n) is 10.5. The lowest BCUT2D eigenvalue weighted by Crippen LogP contribution is -2.29. The average Bonchev–Trinajstić information content (AvgIpc) is 3.61. The van der Waals surface area contributed by atoms with Crippen molar-refractivity contribution in [3.05, 3.63) is 76.7 Å². The Morgan fingerprint density at radius 3 is 2.59 bits per heavy atom. The fraction of sp³-hybridized carbons (Fsp3) is 0.250. The van der Waals surface area contributed by atoms with Crippen LogP contribution in [0.1, 0.15) is 28.8 Å². The maximum Gasteiger partial charge on any atom is 0.264 e. The summed E-state index contributed by atoms with van der Waals surface area (Å²) in [7, 11) is -3.75. The van der Waals surface area contributed by atoms with Gasteiger partial charge in [-0.25, -0.2) is 22.5 Å². The van der Waals surface area contributed by atoms with Crippen LogP contribution in [0, 0.1) is 11.7 Å². The molecule has 0 spiro atoms. The Hall–Kier alpha value is -3.17. The molecule has 1 aliphatic rings. The van der Waals surface area contributed by atoms with Crippen molar-refractivity contribution in [3.63, 3.8) is 0 Å². The second-order valence-corrected chi connectivity index (χ2v) is 10.2.